The lowest BCUT2D eigenvalue weighted by Crippen LogP contribution is -2.33. The third-order valence-electron chi connectivity index (χ3n) is 3.43. The molecule has 110 valence electrons. The van der Waals surface area contributed by atoms with E-state index in [-0.39, 0.29) is 18.3 Å². The molecule has 1 aromatic rings. The number of rotatable bonds is 7. The maximum Gasteiger partial charge on any atom is 0.260 e. The Morgan fingerprint density at radius 2 is 2.25 bits per heavy atom. The Balaban J connectivity index is 1.95. The summed E-state index contributed by atoms with van der Waals surface area (Å²) in [5, 5.41) is 3.13. The lowest BCUT2D eigenvalue weighted by atomic mass is 10.2. The van der Waals surface area contributed by atoms with Crippen molar-refractivity contribution in [3.05, 3.63) is 29.6 Å². The van der Waals surface area contributed by atoms with Crippen LogP contribution < -0.4 is 10.1 Å². The van der Waals surface area contributed by atoms with E-state index in [0.717, 1.165) is 24.9 Å². The van der Waals surface area contributed by atoms with E-state index in [1.165, 1.54) is 12.1 Å². The fourth-order valence-electron chi connectivity index (χ4n) is 1.99. The molecule has 2 rings (SSSR count). The second-order valence-corrected chi connectivity index (χ2v) is 5.06. The molecule has 0 aromatic heterocycles. The van der Waals surface area contributed by atoms with Gasteiger partial charge in [-0.1, -0.05) is 6.92 Å². The average molecular weight is 280 g/mol. The Bertz CT molecular complexity index is 475. The number of carbonyl (C=O) groups is 1. The molecule has 1 aromatic carbocycles. The molecule has 4 nitrogen and oxygen atoms in total. The van der Waals surface area contributed by atoms with E-state index in [1.807, 2.05) is 6.92 Å². The summed E-state index contributed by atoms with van der Waals surface area (Å²) in [5.41, 5.74) is 0.730. The predicted octanol–water partition coefficient (Wildman–Crippen LogP) is 1.93. The van der Waals surface area contributed by atoms with Crippen molar-refractivity contribution >= 4 is 5.91 Å². The van der Waals surface area contributed by atoms with Crippen LogP contribution in [-0.4, -0.2) is 37.0 Å². The van der Waals surface area contributed by atoms with Gasteiger partial charge in [-0.15, -0.1) is 0 Å². The second-order valence-electron chi connectivity index (χ2n) is 5.06. The van der Waals surface area contributed by atoms with Gasteiger partial charge in [0.25, 0.3) is 5.91 Å². The number of hydrogen-bond donors (Lipinski definition) is 1. The number of benzene rings is 1. The Morgan fingerprint density at radius 3 is 2.90 bits per heavy atom. The zero-order valence-electron chi connectivity index (χ0n) is 12.0. The summed E-state index contributed by atoms with van der Waals surface area (Å²) in [4.78, 5) is 13.6. The van der Waals surface area contributed by atoms with Crippen molar-refractivity contribution in [1.29, 1.82) is 0 Å². The van der Waals surface area contributed by atoms with Crippen molar-refractivity contribution in [2.24, 2.45) is 0 Å². The number of carbonyl (C=O) groups excluding carboxylic acids is 1. The smallest absolute Gasteiger partial charge is 0.260 e. The molecule has 0 heterocycles. The highest BCUT2D eigenvalue weighted by atomic mass is 19.1. The minimum Gasteiger partial charge on any atom is -0.483 e. The van der Waals surface area contributed by atoms with Gasteiger partial charge in [-0.2, -0.15) is 0 Å². The van der Waals surface area contributed by atoms with Gasteiger partial charge in [0.15, 0.2) is 6.61 Å². The van der Waals surface area contributed by atoms with Crippen LogP contribution in [0, 0.1) is 5.82 Å². The number of nitrogens with zero attached hydrogens (tertiary/aromatic N) is 1. The molecule has 0 aliphatic heterocycles. The summed E-state index contributed by atoms with van der Waals surface area (Å²) in [6.07, 6.45) is 2.15. The molecule has 20 heavy (non-hydrogen) atoms. The molecule has 1 N–H and O–H groups in total. The van der Waals surface area contributed by atoms with Gasteiger partial charge in [0, 0.05) is 25.2 Å². The Morgan fingerprint density at radius 1 is 1.50 bits per heavy atom. The first-order valence-electron chi connectivity index (χ1n) is 6.99. The number of likely N-dealkylation sites (N-methyl/N-ethyl adjacent to an activating group) is 1. The lowest BCUT2D eigenvalue weighted by molar-refractivity contribution is -0.132. The van der Waals surface area contributed by atoms with Crippen LogP contribution in [0.1, 0.15) is 25.3 Å². The van der Waals surface area contributed by atoms with Gasteiger partial charge in [-0.05, 0) is 37.6 Å². The molecule has 1 aliphatic carbocycles. The minimum atomic E-state index is -0.299. The maximum atomic E-state index is 13.3. The number of amides is 1. The summed E-state index contributed by atoms with van der Waals surface area (Å²) in [6.45, 7) is 3.29. The lowest BCUT2D eigenvalue weighted by Gasteiger charge is -2.17. The Labute approximate surface area is 118 Å². The fourth-order valence-corrected chi connectivity index (χ4v) is 1.99. The summed E-state index contributed by atoms with van der Waals surface area (Å²) < 4.78 is 18.8. The first-order chi connectivity index (χ1) is 9.61. The largest absolute Gasteiger partial charge is 0.483 e. The van der Waals surface area contributed by atoms with Crippen molar-refractivity contribution in [2.75, 3.05) is 20.2 Å². The number of hydrogen-bond acceptors (Lipinski definition) is 3. The third-order valence-corrected chi connectivity index (χ3v) is 3.43. The van der Waals surface area contributed by atoms with Crippen LogP contribution in [-0.2, 0) is 11.3 Å². The highest BCUT2D eigenvalue weighted by Gasteiger charge is 2.29. The van der Waals surface area contributed by atoms with E-state index in [0.29, 0.717) is 18.3 Å². The van der Waals surface area contributed by atoms with E-state index in [2.05, 4.69) is 5.32 Å². The van der Waals surface area contributed by atoms with Crippen molar-refractivity contribution in [3.63, 3.8) is 0 Å². The summed E-state index contributed by atoms with van der Waals surface area (Å²) in [5.74, 6) is 0.225. The standard InChI is InChI=1S/C15H21FN2O2/c1-3-17-9-11-8-12(16)4-7-14(11)20-10-15(19)18(2)13-5-6-13/h4,7-8,13,17H,3,5-6,9-10H2,1-2H3. The van der Waals surface area contributed by atoms with Crippen LogP contribution in [0.25, 0.3) is 0 Å². The molecule has 1 fully saturated rings. The van der Waals surface area contributed by atoms with Gasteiger partial charge in [-0.3, -0.25) is 4.79 Å². The van der Waals surface area contributed by atoms with E-state index in [9.17, 15) is 9.18 Å². The van der Waals surface area contributed by atoms with Crippen molar-refractivity contribution in [3.8, 4) is 5.75 Å². The summed E-state index contributed by atoms with van der Waals surface area (Å²) in [6, 6.07) is 4.74. The van der Waals surface area contributed by atoms with Gasteiger partial charge in [-0.25, -0.2) is 4.39 Å². The fraction of sp³-hybridized carbons (Fsp3) is 0.533. The molecule has 1 saturated carbocycles. The molecule has 1 aliphatic rings. The zero-order chi connectivity index (χ0) is 14.5. The van der Waals surface area contributed by atoms with Crippen LogP contribution in [0.2, 0.25) is 0 Å². The molecule has 0 saturated heterocycles. The normalized spacial score (nSPS) is 14.2. The second kappa shape index (κ2) is 6.70. The maximum absolute atomic E-state index is 13.3. The van der Waals surface area contributed by atoms with Crippen molar-refractivity contribution < 1.29 is 13.9 Å². The van der Waals surface area contributed by atoms with E-state index < -0.39 is 0 Å². The van der Waals surface area contributed by atoms with E-state index in [4.69, 9.17) is 4.74 Å². The average Bonchev–Trinajstić information content (AvgIpc) is 3.27. The van der Waals surface area contributed by atoms with Gasteiger partial charge >= 0.3 is 0 Å². The molecular formula is C15H21FN2O2. The number of halogens is 1. The molecule has 0 atom stereocenters. The molecule has 1 amide bonds. The highest BCUT2D eigenvalue weighted by Crippen LogP contribution is 2.25. The van der Waals surface area contributed by atoms with Crippen molar-refractivity contribution in [1.82, 2.24) is 10.2 Å². The molecule has 5 heteroatoms. The first-order valence-corrected chi connectivity index (χ1v) is 6.99. The zero-order valence-corrected chi connectivity index (χ0v) is 12.0. The van der Waals surface area contributed by atoms with Crippen LogP contribution in [0.3, 0.4) is 0 Å². The van der Waals surface area contributed by atoms with Gasteiger partial charge in [0.1, 0.15) is 11.6 Å². The van der Waals surface area contributed by atoms with Crippen LogP contribution in [0.4, 0.5) is 4.39 Å². The molecule has 0 radical (unpaired) electrons. The quantitative estimate of drug-likeness (QED) is 0.830. The van der Waals surface area contributed by atoms with Crippen LogP contribution in [0.15, 0.2) is 18.2 Å². The third kappa shape index (κ3) is 3.93. The monoisotopic (exact) mass is 280 g/mol. The SMILES string of the molecule is CCNCc1cc(F)ccc1OCC(=O)N(C)C1CC1. The van der Waals surface area contributed by atoms with E-state index >= 15 is 0 Å². The van der Waals surface area contributed by atoms with E-state index in [1.54, 1.807) is 18.0 Å². The number of nitrogens with one attached hydrogen (secondary N) is 1. The molecule has 0 bridgehead atoms. The van der Waals surface area contributed by atoms with Gasteiger partial charge in [0.05, 0.1) is 0 Å². The Kier molecular flexibility index (Phi) is 4.95. The number of ether oxygens (including phenoxy) is 1. The molecular weight excluding hydrogens is 259 g/mol. The Hall–Kier alpha value is -1.62. The van der Waals surface area contributed by atoms with Gasteiger partial charge < -0.3 is 15.0 Å². The van der Waals surface area contributed by atoms with Crippen LogP contribution in [0.5, 0.6) is 5.75 Å². The molecule has 0 spiro atoms. The summed E-state index contributed by atoms with van der Waals surface area (Å²) >= 11 is 0. The van der Waals surface area contributed by atoms with Crippen LogP contribution >= 0.6 is 0 Å². The van der Waals surface area contributed by atoms with Gasteiger partial charge in [0.2, 0.25) is 0 Å². The highest BCUT2D eigenvalue weighted by molar-refractivity contribution is 5.78. The first kappa shape index (κ1) is 14.8. The predicted molar refractivity (Wildman–Crippen MR) is 75.1 cm³/mol. The topological polar surface area (TPSA) is 41.6 Å². The summed E-state index contributed by atoms with van der Waals surface area (Å²) in [7, 11) is 1.80. The van der Waals surface area contributed by atoms with Crippen molar-refractivity contribution in [2.45, 2.75) is 32.4 Å². The minimum absolute atomic E-state index is 0.00222. The molecule has 0 unspecified atom stereocenters.